The van der Waals surface area contributed by atoms with E-state index < -0.39 is 0 Å². The molecule has 0 atom stereocenters. The van der Waals surface area contributed by atoms with Crippen molar-refractivity contribution in [2.75, 3.05) is 0 Å². The first kappa shape index (κ1) is 7.32. The van der Waals surface area contributed by atoms with E-state index in [0.717, 1.165) is 17.1 Å². The van der Waals surface area contributed by atoms with Crippen molar-refractivity contribution in [2.45, 2.75) is 0 Å². The Morgan fingerprint density at radius 2 is 2.14 bits per heavy atom. The topological polar surface area (TPSA) is 39.9 Å². The van der Waals surface area contributed by atoms with Gasteiger partial charge in [-0.25, -0.2) is 0 Å². The third-order valence-corrected chi connectivity index (χ3v) is 2.12. The third kappa shape index (κ3) is 0.939. The molecule has 2 heterocycles. The largest absolute Gasteiger partial charge is 0.463 e. The van der Waals surface area contributed by atoms with Gasteiger partial charge < -0.3 is 4.74 Å². The maximum Gasteiger partial charge on any atom is 0.171 e. The Labute approximate surface area is 80.5 Å². The fourth-order valence-electron chi connectivity index (χ4n) is 1.47. The molecule has 0 spiro atoms. The van der Waals surface area contributed by atoms with E-state index in [1.54, 1.807) is 18.8 Å². The number of benzene rings is 1. The van der Waals surface area contributed by atoms with Gasteiger partial charge >= 0.3 is 0 Å². The van der Waals surface area contributed by atoms with E-state index in [2.05, 4.69) is 10.2 Å². The van der Waals surface area contributed by atoms with Crippen LogP contribution < -0.4 is 4.74 Å². The molecule has 4 nitrogen and oxygen atoms in total. The lowest BCUT2D eigenvalue weighted by Gasteiger charge is -2.02. The molecule has 0 unspecified atom stereocenters. The van der Waals surface area contributed by atoms with E-state index in [1.165, 1.54) is 0 Å². The van der Waals surface area contributed by atoms with Gasteiger partial charge in [-0.3, -0.25) is 4.57 Å². The minimum atomic E-state index is 0.800. The second-order valence-corrected chi connectivity index (χ2v) is 2.96. The minimum Gasteiger partial charge on any atom is -0.463 e. The van der Waals surface area contributed by atoms with Crippen molar-refractivity contribution >= 4 is 6.20 Å². The molecule has 68 valence electrons. The van der Waals surface area contributed by atoms with E-state index >= 15 is 0 Å². The summed E-state index contributed by atoms with van der Waals surface area (Å²) in [4.78, 5) is 0. The second-order valence-electron chi connectivity index (χ2n) is 2.96. The number of rotatable bonds is 0. The quantitative estimate of drug-likeness (QED) is 0.627. The highest BCUT2D eigenvalue weighted by atomic mass is 16.5. The van der Waals surface area contributed by atoms with Crippen molar-refractivity contribution in [3.63, 3.8) is 0 Å². The molecule has 4 heteroatoms. The number of para-hydroxylation sites is 1. The van der Waals surface area contributed by atoms with Crippen LogP contribution in [0, 0.1) is 0 Å². The number of aromatic nitrogens is 3. The molecular formula is C10H7N3O. The summed E-state index contributed by atoms with van der Waals surface area (Å²) in [6, 6.07) is 7.75. The van der Waals surface area contributed by atoms with Crippen LogP contribution in [0.3, 0.4) is 0 Å². The van der Waals surface area contributed by atoms with Gasteiger partial charge in [-0.05, 0) is 12.1 Å². The van der Waals surface area contributed by atoms with Crippen LogP contribution in [0.2, 0.25) is 0 Å². The Kier molecular flexibility index (Phi) is 1.41. The van der Waals surface area contributed by atoms with Crippen LogP contribution in [0.25, 0.3) is 17.6 Å². The summed E-state index contributed by atoms with van der Waals surface area (Å²) >= 11 is 0. The lowest BCUT2D eigenvalue weighted by molar-refractivity contribution is 0.487. The zero-order chi connectivity index (χ0) is 9.38. The molecule has 0 amide bonds. The second kappa shape index (κ2) is 2.70. The maximum absolute atomic E-state index is 5.42. The molecule has 0 saturated carbocycles. The van der Waals surface area contributed by atoms with Crippen LogP contribution in [-0.4, -0.2) is 14.8 Å². The highest BCUT2D eigenvalue weighted by Gasteiger charge is 2.13. The van der Waals surface area contributed by atoms with E-state index in [-0.39, 0.29) is 0 Å². The smallest absolute Gasteiger partial charge is 0.171 e. The van der Waals surface area contributed by atoms with E-state index in [1.807, 2.05) is 28.8 Å². The summed E-state index contributed by atoms with van der Waals surface area (Å²) in [5.74, 6) is 1.60. The van der Waals surface area contributed by atoms with E-state index in [9.17, 15) is 0 Å². The van der Waals surface area contributed by atoms with Gasteiger partial charge in [-0.2, -0.15) is 0 Å². The Hall–Kier alpha value is -2.10. The van der Waals surface area contributed by atoms with Crippen LogP contribution in [0.15, 0.2) is 36.9 Å². The molecule has 14 heavy (non-hydrogen) atoms. The summed E-state index contributed by atoms with van der Waals surface area (Å²) < 4.78 is 7.25. The van der Waals surface area contributed by atoms with Gasteiger partial charge in [0.1, 0.15) is 18.3 Å². The molecule has 0 aliphatic carbocycles. The highest BCUT2D eigenvalue weighted by molar-refractivity contribution is 5.67. The number of hydrogen-bond donors (Lipinski definition) is 0. The van der Waals surface area contributed by atoms with Crippen LogP contribution >= 0.6 is 0 Å². The normalized spacial score (nSPS) is 12.6. The van der Waals surface area contributed by atoms with E-state index in [0.29, 0.717) is 0 Å². The van der Waals surface area contributed by atoms with Crippen LogP contribution in [0.4, 0.5) is 0 Å². The Balaban J connectivity index is 2.33. The molecule has 2 aromatic rings. The van der Waals surface area contributed by atoms with Crippen LogP contribution in [-0.2, 0) is 0 Å². The molecule has 0 saturated heterocycles. The van der Waals surface area contributed by atoms with Gasteiger partial charge in [-0.15, -0.1) is 10.2 Å². The SMILES string of the molecule is C1=Cn2cnnc2-c2ccccc2O1. The summed E-state index contributed by atoms with van der Waals surface area (Å²) in [6.07, 6.45) is 5.06. The summed E-state index contributed by atoms with van der Waals surface area (Å²) in [6.45, 7) is 0. The first-order valence-electron chi connectivity index (χ1n) is 4.27. The number of fused-ring (bicyclic) bond motifs is 3. The van der Waals surface area contributed by atoms with Gasteiger partial charge in [0, 0.05) is 6.20 Å². The molecule has 3 rings (SSSR count). The lowest BCUT2D eigenvalue weighted by Crippen LogP contribution is -1.88. The minimum absolute atomic E-state index is 0.800. The van der Waals surface area contributed by atoms with Gasteiger partial charge in [0.05, 0.1) is 5.56 Å². The summed E-state index contributed by atoms with van der Waals surface area (Å²) in [7, 11) is 0. The molecule has 1 aromatic heterocycles. The fourth-order valence-corrected chi connectivity index (χ4v) is 1.47. The van der Waals surface area contributed by atoms with Crippen molar-refractivity contribution in [3.8, 4) is 17.1 Å². The van der Waals surface area contributed by atoms with E-state index in [4.69, 9.17) is 4.74 Å². The van der Waals surface area contributed by atoms with Crippen molar-refractivity contribution in [3.05, 3.63) is 36.9 Å². The van der Waals surface area contributed by atoms with Gasteiger partial charge in [0.25, 0.3) is 0 Å². The zero-order valence-corrected chi connectivity index (χ0v) is 7.29. The molecule has 0 radical (unpaired) electrons. The van der Waals surface area contributed by atoms with Crippen molar-refractivity contribution in [1.29, 1.82) is 0 Å². The average Bonchev–Trinajstić information content (AvgIpc) is 2.61. The molecular weight excluding hydrogens is 178 g/mol. The predicted octanol–water partition coefficient (Wildman–Crippen LogP) is 1.77. The zero-order valence-electron chi connectivity index (χ0n) is 7.29. The number of hydrogen-bond acceptors (Lipinski definition) is 3. The average molecular weight is 185 g/mol. The fraction of sp³-hybridized carbons (Fsp3) is 0. The van der Waals surface area contributed by atoms with Crippen molar-refractivity contribution < 1.29 is 4.74 Å². The summed E-state index contributed by atoms with van der Waals surface area (Å²) in [5.41, 5.74) is 0.954. The monoisotopic (exact) mass is 185 g/mol. The lowest BCUT2D eigenvalue weighted by atomic mass is 10.2. The van der Waals surface area contributed by atoms with Crippen molar-refractivity contribution in [2.24, 2.45) is 0 Å². The van der Waals surface area contributed by atoms with Crippen LogP contribution in [0.1, 0.15) is 0 Å². The number of nitrogens with zero attached hydrogens (tertiary/aromatic N) is 3. The molecule has 1 aliphatic rings. The molecule has 1 aromatic carbocycles. The molecule has 0 fully saturated rings. The Morgan fingerprint density at radius 3 is 3.14 bits per heavy atom. The first-order chi connectivity index (χ1) is 6.95. The van der Waals surface area contributed by atoms with Gasteiger partial charge in [-0.1, -0.05) is 12.1 Å². The molecule has 0 N–H and O–H groups in total. The molecule has 0 bridgehead atoms. The van der Waals surface area contributed by atoms with Gasteiger partial charge in [0.15, 0.2) is 5.82 Å². The third-order valence-electron chi connectivity index (χ3n) is 2.12. The standard InChI is InChI=1S/C10H7N3O/c1-2-4-9-8(3-1)10-12-11-7-13(10)5-6-14-9/h1-7H. The van der Waals surface area contributed by atoms with Crippen molar-refractivity contribution in [1.82, 2.24) is 14.8 Å². The first-order valence-corrected chi connectivity index (χ1v) is 4.27. The Morgan fingerprint density at radius 1 is 1.21 bits per heavy atom. The molecule has 1 aliphatic heterocycles. The van der Waals surface area contributed by atoms with Gasteiger partial charge in [0.2, 0.25) is 0 Å². The van der Waals surface area contributed by atoms with Crippen LogP contribution in [0.5, 0.6) is 5.75 Å². The highest BCUT2D eigenvalue weighted by Crippen LogP contribution is 2.30. The predicted molar refractivity (Wildman–Crippen MR) is 51.4 cm³/mol. The Bertz CT molecular complexity index is 502. The summed E-state index contributed by atoms with van der Waals surface area (Å²) in [5, 5.41) is 7.89. The maximum atomic E-state index is 5.42. The number of ether oxygens (including phenoxy) is 1.